The van der Waals surface area contributed by atoms with Crippen molar-refractivity contribution in [2.24, 2.45) is 0 Å². The Morgan fingerprint density at radius 1 is 1.38 bits per heavy atom. The summed E-state index contributed by atoms with van der Waals surface area (Å²) in [6.07, 6.45) is 0. The van der Waals surface area contributed by atoms with Gasteiger partial charge in [0.2, 0.25) is 0 Å². The van der Waals surface area contributed by atoms with Crippen molar-refractivity contribution < 1.29 is 9.62 Å². The molecule has 0 unspecified atom stereocenters. The van der Waals surface area contributed by atoms with E-state index in [1.54, 1.807) is 12.1 Å². The molecule has 6 N–H and O–H groups in total. The molecule has 1 aromatic heterocycles. The van der Waals surface area contributed by atoms with Gasteiger partial charge in [0, 0.05) is 0 Å². The molecule has 2 aromatic rings. The zero-order valence-corrected chi connectivity index (χ0v) is 6.61. The summed E-state index contributed by atoms with van der Waals surface area (Å²) >= 11 is 0. The first-order valence-corrected chi connectivity index (χ1v) is 3.54. The molecular formula is C7H8N4O2. The molecule has 0 spiro atoms. The van der Waals surface area contributed by atoms with Gasteiger partial charge in [-0.15, -0.1) is 4.73 Å². The highest BCUT2D eigenvalue weighted by molar-refractivity contribution is 5.92. The van der Waals surface area contributed by atoms with Crippen LogP contribution in [0.15, 0.2) is 16.5 Å². The summed E-state index contributed by atoms with van der Waals surface area (Å²) in [7, 11) is 0. The molecule has 1 heterocycles. The fourth-order valence-electron chi connectivity index (χ4n) is 1.15. The lowest BCUT2D eigenvalue weighted by Gasteiger charge is -1.99. The molecular weight excluding hydrogens is 172 g/mol. The number of rotatable bonds is 0. The number of nitrogens with one attached hydrogen (secondary N) is 1. The number of benzene rings is 1. The summed E-state index contributed by atoms with van der Waals surface area (Å²) in [5, 5.41) is 16.5. The van der Waals surface area contributed by atoms with E-state index in [-0.39, 0.29) is 16.9 Å². The summed E-state index contributed by atoms with van der Waals surface area (Å²) < 4.78 is 5.44. The topological polar surface area (TPSA) is 114 Å². The van der Waals surface area contributed by atoms with Crippen LogP contribution in [0.25, 0.3) is 11.1 Å². The Kier molecular flexibility index (Phi) is 1.27. The lowest BCUT2D eigenvalue weighted by Crippen LogP contribution is -2.11. The summed E-state index contributed by atoms with van der Waals surface area (Å²) in [5.74, 6) is 0. The summed E-state index contributed by atoms with van der Waals surface area (Å²) in [4.78, 5) is 0. The van der Waals surface area contributed by atoms with Crippen LogP contribution in [-0.4, -0.2) is 9.94 Å². The van der Waals surface area contributed by atoms with Crippen LogP contribution in [0.5, 0.6) is 0 Å². The molecule has 0 aliphatic carbocycles. The number of aromatic nitrogens is 1. The van der Waals surface area contributed by atoms with E-state index in [9.17, 15) is 5.21 Å². The third kappa shape index (κ3) is 0.851. The Morgan fingerprint density at radius 2 is 2.08 bits per heavy atom. The monoisotopic (exact) mass is 180 g/mol. The lowest BCUT2D eigenvalue weighted by atomic mass is 10.2. The standard InChI is InChI=1S/C7H8N4O2/c8-3-1-2-4-6(5(3)9)11(12)7(10)13-4/h1-2,10,12H,8-9H2. The summed E-state index contributed by atoms with van der Waals surface area (Å²) in [6.45, 7) is 0. The average molecular weight is 180 g/mol. The molecule has 0 amide bonds. The van der Waals surface area contributed by atoms with Crippen LogP contribution in [0.4, 0.5) is 11.4 Å². The molecule has 13 heavy (non-hydrogen) atoms. The number of hydrogen-bond donors (Lipinski definition) is 4. The number of anilines is 2. The van der Waals surface area contributed by atoms with Crippen molar-refractivity contribution in [3.8, 4) is 0 Å². The highest BCUT2D eigenvalue weighted by atomic mass is 16.5. The van der Waals surface area contributed by atoms with Crippen LogP contribution in [0.3, 0.4) is 0 Å². The van der Waals surface area contributed by atoms with Gasteiger partial charge in [0.05, 0.1) is 11.4 Å². The maximum absolute atomic E-state index is 9.30. The van der Waals surface area contributed by atoms with Crippen LogP contribution in [-0.2, 0) is 0 Å². The predicted molar refractivity (Wildman–Crippen MR) is 46.1 cm³/mol. The van der Waals surface area contributed by atoms with Gasteiger partial charge in [-0.3, -0.25) is 0 Å². The van der Waals surface area contributed by atoms with Gasteiger partial charge >= 0.3 is 5.68 Å². The van der Waals surface area contributed by atoms with Crippen molar-refractivity contribution in [3.05, 3.63) is 17.8 Å². The number of nitrogens with two attached hydrogens (primary N) is 2. The fraction of sp³-hybridized carbons (Fsp3) is 0. The molecule has 0 saturated heterocycles. The Labute approximate surface area is 72.5 Å². The van der Waals surface area contributed by atoms with Crippen LogP contribution in [0.2, 0.25) is 0 Å². The number of nitrogen functional groups attached to an aromatic ring is 2. The molecule has 0 aliphatic heterocycles. The van der Waals surface area contributed by atoms with E-state index >= 15 is 0 Å². The third-order valence-corrected chi connectivity index (χ3v) is 1.82. The van der Waals surface area contributed by atoms with Crippen LogP contribution in [0.1, 0.15) is 0 Å². The smallest absolute Gasteiger partial charge is 0.328 e. The van der Waals surface area contributed by atoms with Gasteiger partial charge in [-0.25, -0.2) is 5.41 Å². The summed E-state index contributed by atoms with van der Waals surface area (Å²) in [6, 6.07) is 3.10. The Morgan fingerprint density at radius 3 is 2.77 bits per heavy atom. The van der Waals surface area contributed by atoms with E-state index in [1.807, 2.05) is 0 Å². The van der Waals surface area contributed by atoms with Gasteiger partial charge in [0.15, 0.2) is 11.1 Å². The normalized spacial score (nSPS) is 10.8. The average Bonchev–Trinajstić information content (AvgIpc) is 2.37. The largest absolute Gasteiger partial charge is 0.423 e. The van der Waals surface area contributed by atoms with Crippen molar-refractivity contribution in [1.29, 1.82) is 5.41 Å². The Hall–Kier alpha value is -2.11. The van der Waals surface area contributed by atoms with Crippen molar-refractivity contribution in [1.82, 2.24) is 4.73 Å². The molecule has 0 atom stereocenters. The van der Waals surface area contributed by atoms with E-state index in [0.717, 1.165) is 0 Å². The minimum atomic E-state index is -0.382. The molecule has 0 bridgehead atoms. The zero-order valence-electron chi connectivity index (χ0n) is 6.61. The highest BCUT2D eigenvalue weighted by Crippen LogP contribution is 2.24. The SMILES string of the molecule is N=c1oc2ccc(N)c(N)c2n1O. The minimum Gasteiger partial charge on any atom is -0.423 e. The van der Waals surface area contributed by atoms with Crippen molar-refractivity contribution in [2.45, 2.75) is 0 Å². The molecule has 68 valence electrons. The van der Waals surface area contributed by atoms with Crippen LogP contribution in [0, 0.1) is 5.41 Å². The van der Waals surface area contributed by atoms with Crippen LogP contribution < -0.4 is 17.2 Å². The number of nitrogens with zero attached hydrogens (tertiary/aromatic N) is 1. The van der Waals surface area contributed by atoms with E-state index in [4.69, 9.17) is 21.3 Å². The second-order valence-electron chi connectivity index (χ2n) is 2.63. The van der Waals surface area contributed by atoms with Gasteiger partial charge in [0.1, 0.15) is 0 Å². The van der Waals surface area contributed by atoms with E-state index in [2.05, 4.69) is 0 Å². The molecule has 6 nitrogen and oxygen atoms in total. The Bertz CT molecular complexity index is 525. The predicted octanol–water partition coefficient (Wildman–Crippen LogP) is 0.115. The number of oxazole rings is 1. The Balaban J connectivity index is 3.05. The number of hydrogen-bond acceptors (Lipinski definition) is 5. The zero-order chi connectivity index (χ0) is 9.59. The van der Waals surface area contributed by atoms with Gasteiger partial charge in [-0.1, -0.05) is 0 Å². The maximum atomic E-state index is 9.30. The molecule has 0 radical (unpaired) electrons. The van der Waals surface area contributed by atoms with E-state index in [0.29, 0.717) is 16.0 Å². The van der Waals surface area contributed by atoms with Gasteiger partial charge in [-0.2, -0.15) is 0 Å². The van der Waals surface area contributed by atoms with Crippen molar-refractivity contribution in [2.75, 3.05) is 11.5 Å². The molecule has 0 aliphatic rings. The van der Waals surface area contributed by atoms with Crippen LogP contribution >= 0.6 is 0 Å². The first-order chi connectivity index (χ1) is 6.11. The quantitative estimate of drug-likeness (QED) is 0.340. The first kappa shape index (κ1) is 7.53. The second kappa shape index (κ2) is 2.19. The van der Waals surface area contributed by atoms with Gasteiger partial charge < -0.3 is 21.1 Å². The molecule has 1 aromatic carbocycles. The van der Waals surface area contributed by atoms with E-state index < -0.39 is 0 Å². The molecule has 0 fully saturated rings. The fourth-order valence-corrected chi connectivity index (χ4v) is 1.15. The van der Waals surface area contributed by atoms with Gasteiger partial charge in [0.25, 0.3) is 0 Å². The van der Waals surface area contributed by atoms with Crippen molar-refractivity contribution in [3.63, 3.8) is 0 Å². The third-order valence-electron chi connectivity index (χ3n) is 1.82. The molecule has 0 saturated carbocycles. The van der Waals surface area contributed by atoms with E-state index in [1.165, 1.54) is 0 Å². The van der Waals surface area contributed by atoms with Crippen molar-refractivity contribution >= 4 is 22.5 Å². The maximum Gasteiger partial charge on any atom is 0.328 e. The molecule has 6 heteroatoms. The molecule has 2 rings (SSSR count). The minimum absolute atomic E-state index is 0.210. The highest BCUT2D eigenvalue weighted by Gasteiger charge is 2.10. The van der Waals surface area contributed by atoms with Gasteiger partial charge in [-0.05, 0) is 12.1 Å². The first-order valence-electron chi connectivity index (χ1n) is 3.54. The second-order valence-corrected chi connectivity index (χ2v) is 2.63. The number of fused-ring (bicyclic) bond motifs is 1. The summed E-state index contributed by atoms with van der Waals surface area (Å²) in [5.41, 5.74) is 11.8. The lowest BCUT2D eigenvalue weighted by molar-refractivity contribution is 0.165.